The highest BCUT2D eigenvalue weighted by molar-refractivity contribution is 5.64. The first-order chi connectivity index (χ1) is 6.27. The Bertz CT molecular complexity index is 282. The van der Waals surface area contributed by atoms with Crippen molar-refractivity contribution in [2.24, 2.45) is 0 Å². The van der Waals surface area contributed by atoms with Gasteiger partial charge in [0.05, 0.1) is 7.11 Å². The molecule has 70 valence electrons. The summed E-state index contributed by atoms with van der Waals surface area (Å²) >= 11 is 0. The third kappa shape index (κ3) is 2.62. The Morgan fingerprint density at radius 2 is 1.92 bits per heavy atom. The lowest BCUT2D eigenvalue weighted by Gasteiger charge is -2.03. The van der Waals surface area contributed by atoms with Gasteiger partial charge in [0.25, 0.3) is 0 Å². The van der Waals surface area contributed by atoms with Crippen molar-refractivity contribution in [2.45, 2.75) is 20.3 Å². The lowest BCUT2D eigenvalue weighted by Crippen LogP contribution is -1.83. The lowest BCUT2D eigenvalue weighted by molar-refractivity contribution is 0.415. The molecule has 0 saturated carbocycles. The molecule has 0 bridgehead atoms. The van der Waals surface area contributed by atoms with Gasteiger partial charge in [-0.25, -0.2) is 0 Å². The Morgan fingerprint density at radius 3 is 2.38 bits per heavy atom. The average Bonchev–Trinajstić information content (AvgIpc) is 2.18. The predicted molar refractivity (Wildman–Crippen MR) is 56.9 cm³/mol. The van der Waals surface area contributed by atoms with Gasteiger partial charge in [0.15, 0.2) is 0 Å². The molecule has 13 heavy (non-hydrogen) atoms. The molecule has 0 aromatic heterocycles. The second-order valence-electron chi connectivity index (χ2n) is 3.02. The monoisotopic (exact) mass is 176 g/mol. The van der Waals surface area contributed by atoms with E-state index in [1.165, 1.54) is 11.1 Å². The van der Waals surface area contributed by atoms with Crippen LogP contribution in [0.1, 0.15) is 25.8 Å². The van der Waals surface area contributed by atoms with Gasteiger partial charge in [-0.2, -0.15) is 0 Å². The molecule has 0 aliphatic rings. The summed E-state index contributed by atoms with van der Waals surface area (Å²) in [6.45, 7) is 4.28. The quantitative estimate of drug-likeness (QED) is 0.684. The topological polar surface area (TPSA) is 9.23 Å². The maximum Gasteiger partial charge on any atom is 0.118 e. The normalized spacial score (nSPS) is 11.5. The molecule has 0 spiro atoms. The molecule has 1 heteroatoms. The van der Waals surface area contributed by atoms with Crippen LogP contribution in [0.4, 0.5) is 0 Å². The van der Waals surface area contributed by atoms with E-state index in [9.17, 15) is 0 Å². The third-order valence-corrected chi connectivity index (χ3v) is 2.06. The van der Waals surface area contributed by atoms with E-state index in [0.717, 1.165) is 12.2 Å². The highest BCUT2D eigenvalue weighted by atomic mass is 16.5. The Kier molecular flexibility index (Phi) is 3.56. The van der Waals surface area contributed by atoms with E-state index in [1.54, 1.807) is 7.11 Å². The maximum atomic E-state index is 5.09. The van der Waals surface area contributed by atoms with Gasteiger partial charge >= 0.3 is 0 Å². The molecule has 0 aliphatic carbocycles. The highest BCUT2D eigenvalue weighted by Gasteiger charge is 1.94. The number of benzene rings is 1. The van der Waals surface area contributed by atoms with E-state index in [2.05, 4.69) is 32.1 Å². The molecule has 0 N–H and O–H groups in total. The summed E-state index contributed by atoms with van der Waals surface area (Å²) in [5, 5.41) is 0. The highest BCUT2D eigenvalue weighted by Crippen LogP contribution is 2.18. The van der Waals surface area contributed by atoms with Crippen LogP contribution in [0.2, 0.25) is 0 Å². The second-order valence-corrected chi connectivity index (χ2v) is 3.02. The fourth-order valence-corrected chi connectivity index (χ4v) is 1.28. The van der Waals surface area contributed by atoms with Gasteiger partial charge in [0, 0.05) is 0 Å². The Morgan fingerprint density at radius 1 is 1.31 bits per heavy atom. The van der Waals surface area contributed by atoms with Crippen LogP contribution in [-0.2, 0) is 0 Å². The summed E-state index contributed by atoms with van der Waals surface area (Å²) in [7, 11) is 1.68. The Balaban J connectivity index is 2.85. The maximum absolute atomic E-state index is 5.09. The van der Waals surface area contributed by atoms with E-state index in [1.807, 2.05) is 12.1 Å². The van der Waals surface area contributed by atoms with Gasteiger partial charge in [0.1, 0.15) is 5.75 Å². The minimum atomic E-state index is 0.910. The molecule has 0 unspecified atom stereocenters. The van der Waals surface area contributed by atoms with Crippen LogP contribution in [0, 0.1) is 0 Å². The van der Waals surface area contributed by atoms with Crippen molar-refractivity contribution in [1.29, 1.82) is 0 Å². The summed E-state index contributed by atoms with van der Waals surface area (Å²) in [5.41, 5.74) is 2.59. The molecule has 0 atom stereocenters. The molecular weight excluding hydrogens is 160 g/mol. The van der Waals surface area contributed by atoms with E-state index in [-0.39, 0.29) is 0 Å². The molecule has 0 radical (unpaired) electrons. The molecule has 0 heterocycles. The van der Waals surface area contributed by atoms with Crippen LogP contribution in [0.15, 0.2) is 30.3 Å². The summed E-state index contributed by atoms with van der Waals surface area (Å²) < 4.78 is 5.09. The number of rotatable bonds is 3. The van der Waals surface area contributed by atoms with Crippen molar-refractivity contribution < 1.29 is 4.74 Å². The van der Waals surface area contributed by atoms with E-state index >= 15 is 0 Å². The zero-order chi connectivity index (χ0) is 9.68. The standard InChI is InChI=1S/C12H16O/c1-4-5-10(2)11-6-8-12(13-3)9-7-11/h5-9H,4H2,1-3H3/b10-5+. The number of methoxy groups -OCH3 is 1. The van der Waals surface area contributed by atoms with Crippen LogP contribution in [0.5, 0.6) is 5.75 Å². The van der Waals surface area contributed by atoms with Gasteiger partial charge in [-0.05, 0) is 36.6 Å². The minimum absolute atomic E-state index is 0.910. The Labute approximate surface area is 80.0 Å². The number of hydrogen-bond donors (Lipinski definition) is 0. The largest absolute Gasteiger partial charge is 0.497 e. The van der Waals surface area contributed by atoms with Crippen molar-refractivity contribution in [3.8, 4) is 5.75 Å². The van der Waals surface area contributed by atoms with Crippen LogP contribution < -0.4 is 4.74 Å². The molecular formula is C12H16O. The van der Waals surface area contributed by atoms with Crippen molar-refractivity contribution in [1.82, 2.24) is 0 Å². The van der Waals surface area contributed by atoms with Crippen LogP contribution in [0.3, 0.4) is 0 Å². The van der Waals surface area contributed by atoms with Crippen molar-refractivity contribution >= 4 is 5.57 Å². The molecule has 1 rings (SSSR count). The summed E-state index contributed by atoms with van der Waals surface area (Å²) in [6.07, 6.45) is 3.31. The predicted octanol–water partition coefficient (Wildman–Crippen LogP) is 3.51. The van der Waals surface area contributed by atoms with E-state index in [0.29, 0.717) is 0 Å². The molecule has 0 aliphatic heterocycles. The summed E-state index contributed by atoms with van der Waals surface area (Å²) in [4.78, 5) is 0. The van der Waals surface area contributed by atoms with Gasteiger partial charge in [-0.1, -0.05) is 25.1 Å². The van der Waals surface area contributed by atoms with Crippen LogP contribution >= 0.6 is 0 Å². The zero-order valence-corrected chi connectivity index (χ0v) is 8.50. The van der Waals surface area contributed by atoms with Gasteiger partial charge in [0.2, 0.25) is 0 Å². The number of ether oxygens (including phenoxy) is 1. The first-order valence-electron chi connectivity index (χ1n) is 4.59. The molecule has 1 aromatic rings. The molecule has 0 amide bonds. The summed E-state index contributed by atoms with van der Waals surface area (Å²) in [5.74, 6) is 0.910. The van der Waals surface area contributed by atoms with E-state index < -0.39 is 0 Å². The first-order valence-corrected chi connectivity index (χ1v) is 4.59. The lowest BCUT2D eigenvalue weighted by atomic mass is 10.1. The molecule has 1 aromatic carbocycles. The van der Waals surface area contributed by atoms with Crippen molar-refractivity contribution in [3.63, 3.8) is 0 Å². The average molecular weight is 176 g/mol. The van der Waals surface area contributed by atoms with Gasteiger partial charge in [-0.3, -0.25) is 0 Å². The van der Waals surface area contributed by atoms with Gasteiger partial charge in [-0.15, -0.1) is 0 Å². The fourth-order valence-electron chi connectivity index (χ4n) is 1.28. The third-order valence-electron chi connectivity index (χ3n) is 2.06. The molecule has 0 fully saturated rings. The SMILES string of the molecule is CC/C=C(\C)c1ccc(OC)cc1. The van der Waals surface area contributed by atoms with Crippen LogP contribution in [-0.4, -0.2) is 7.11 Å². The number of hydrogen-bond acceptors (Lipinski definition) is 1. The second kappa shape index (κ2) is 4.70. The summed E-state index contributed by atoms with van der Waals surface area (Å²) in [6, 6.07) is 8.14. The van der Waals surface area contributed by atoms with Crippen molar-refractivity contribution in [3.05, 3.63) is 35.9 Å². The van der Waals surface area contributed by atoms with E-state index in [4.69, 9.17) is 4.74 Å². The minimum Gasteiger partial charge on any atom is -0.497 e. The molecule has 0 saturated heterocycles. The Hall–Kier alpha value is -1.24. The van der Waals surface area contributed by atoms with Crippen LogP contribution in [0.25, 0.3) is 5.57 Å². The smallest absolute Gasteiger partial charge is 0.118 e. The molecule has 1 nitrogen and oxygen atoms in total. The number of allylic oxidation sites excluding steroid dienone is 2. The fraction of sp³-hybridized carbons (Fsp3) is 0.333. The van der Waals surface area contributed by atoms with Crippen molar-refractivity contribution in [2.75, 3.05) is 7.11 Å². The first kappa shape index (κ1) is 9.85. The zero-order valence-electron chi connectivity index (χ0n) is 8.50. The van der Waals surface area contributed by atoms with Gasteiger partial charge < -0.3 is 4.74 Å².